The number of nitrogens with one attached hydrogen (secondary N) is 2. The van der Waals surface area contributed by atoms with Crippen LogP contribution < -0.4 is 29.6 Å². The van der Waals surface area contributed by atoms with E-state index >= 15 is 0 Å². The van der Waals surface area contributed by atoms with E-state index in [0.717, 1.165) is 31.8 Å². The van der Waals surface area contributed by atoms with E-state index in [9.17, 15) is 34.2 Å². The molecule has 1 aliphatic heterocycles. The molecule has 2 aliphatic rings. The van der Waals surface area contributed by atoms with Crippen LogP contribution >= 0.6 is 0 Å². The van der Waals surface area contributed by atoms with Crippen LogP contribution in [0.15, 0.2) is 28.7 Å². The van der Waals surface area contributed by atoms with Crippen molar-refractivity contribution in [1.29, 1.82) is 0 Å². The van der Waals surface area contributed by atoms with Gasteiger partial charge in [0.05, 0.1) is 146 Å². The zero-order valence-electron chi connectivity index (χ0n) is 51.4. The van der Waals surface area contributed by atoms with Crippen molar-refractivity contribution in [2.45, 2.75) is 39.0 Å². The van der Waals surface area contributed by atoms with Crippen LogP contribution in [0.25, 0.3) is 0 Å². The van der Waals surface area contributed by atoms with Gasteiger partial charge in [0.2, 0.25) is 17.7 Å². The van der Waals surface area contributed by atoms with Crippen molar-refractivity contribution >= 4 is 35.7 Å². The molecule has 0 bridgehead atoms. The fraction of sp³-hybridized carbons (Fsp3) is 0.672. The van der Waals surface area contributed by atoms with E-state index in [2.05, 4.69) is 46.6 Å². The number of rotatable bonds is 42. The number of aldehydes is 1. The van der Waals surface area contributed by atoms with Crippen molar-refractivity contribution in [3.05, 3.63) is 46.7 Å². The third-order valence-corrected chi connectivity index (χ3v) is 13.6. The van der Waals surface area contributed by atoms with Gasteiger partial charge in [-0.25, -0.2) is 0 Å². The second-order valence-corrected chi connectivity index (χ2v) is 20.4. The predicted octanol–water partition coefficient (Wildman–Crippen LogP) is 1.49. The molecule has 29 nitrogen and oxygen atoms in total. The number of furan rings is 1. The third kappa shape index (κ3) is 29.1. The number of hydrogen-bond acceptors (Lipinski definition) is 25. The van der Waals surface area contributed by atoms with E-state index in [4.69, 9.17) is 66.4 Å². The van der Waals surface area contributed by atoms with Gasteiger partial charge in [-0.3, -0.25) is 38.8 Å². The molecule has 5 rings (SSSR count). The molecular formula is C58H92N8O21. The molecule has 3 heterocycles. The Labute approximate surface area is 509 Å². The number of ether oxygens (including phenoxy) is 12. The highest BCUT2D eigenvalue weighted by Crippen LogP contribution is 2.42. The normalized spacial score (nSPS) is 15.1. The number of aliphatic hydroxyl groups is 1. The van der Waals surface area contributed by atoms with Crippen molar-refractivity contribution in [2.24, 2.45) is 0 Å². The number of amides is 2. The first-order valence-electron chi connectivity index (χ1n) is 29.1. The molecule has 1 saturated heterocycles. The first-order chi connectivity index (χ1) is 42.2. The Hall–Kier alpha value is -6.19. The van der Waals surface area contributed by atoms with E-state index in [1.54, 1.807) is 15.9 Å². The number of aromatic nitrogens is 2. The number of carbonyl (C=O) groups excluding carboxylic acids is 3. The predicted molar refractivity (Wildman–Crippen MR) is 315 cm³/mol. The maximum Gasteiger partial charge on any atom is 0.323 e. The summed E-state index contributed by atoms with van der Waals surface area (Å²) in [5.74, 6) is -1.89. The summed E-state index contributed by atoms with van der Waals surface area (Å²) in [5.41, 5.74) is 3.71. The maximum absolute atomic E-state index is 13.3. The number of anilines is 1. The molecule has 490 valence electrons. The molecule has 0 spiro atoms. The van der Waals surface area contributed by atoms with Gasteiger partial charge in [0.1, 0.15) is 18.6 Å². The highest BCUT2D eigenvalue weighted by atomic mass is 16.6. The molecule has 5 N–H and O–H groups in total. The molecule has 2 aromatic heterocycles. The van der Waals surface area contributed by atoms with Crippen molar-refractivity contribution in [1.82, 2.24) is 34.9 Å². The quantitative estimate of drug-likeness (QED) is 0.0396. The first kappa shape index (κ1) is 73.3. The Bertz CT molecular complexity index is 2450. The summed E-state index contributed by atoms with van der Waals surface area (Å²) >= 11 is 0. The lowest BCUT2D eigenvalue weighted by molar-refractivity contribution is -0.140. The van der Waals surface area contributed by atoms with Gasteiger partial charge in [0, 0.05) is 72.1 Å². The average Bonchev–Trinajstić information content (AvgIpc) is 2.66. The Morgan fingerprint density at radius 1 is 0.621 bits per heavy atom. The molecule has 1 fully saturated rings. The molecule has 0 atom stereocenters. The molecule has 29 heteroatoms. The number of aliphatic hydroxyl groups excluding tert-OH is 1. The Morgan fingerprint density at radius 3 is 1.51 bits per heavy atom. The number of aryl methyl sites for hydroxylation is 2. The SMILES string of the molecule is CO.COc1nc(OCCOCCOCCOCCOCCOCCOCCOCCOCCNC(=O)CN2CCN(CC=O)CCN(CC(=O)O)CCN(CC(=O)O)CC2)nc(OC)c1NC(=O)c1ccc(Oc2cc3c(cc2C)CCC3(C)C)o1. The molecule has 2 amide bonds. The number of hydrogen-bond donors (Lipinski definition) is 5. The van der Waals surface area contributed by atoms with Crippen LogP contribution in [0.2, 0.25) is 0 Å². The maximum atomic E-state index is 13.3. The summed E-state index contributed by atoms with van der Waals surface area (Å²) in [4.78, 5) is 76.2. The second kappa shape index (κ2) is 42.6. The number of carbonyl (C=O) groups is 5. The number of nitrogens with zero attached hydrogens (tertiary/aromatic N) is 6. The summed E-state index contributed by atoms with van der Waals surface area (Å²) < 4.78 is 72.8. The third-order valence-electron chi connectivity index (χ3n) is 13.6. The molecule has 0 unspecified atom stereocenters. The summed E-state index contributed by atoms with van der Waals surface area (Å²) in [7, 11) is 3.79. The summed E-state index contributed by atoms with van der Waals surface area (Å²) in [5, 5.41) is 31.3. The number of fused-ring (bicyclic) bond motifs is 1. The molecule has 87 heavy (non-hydrogen) atoms. The van der Waals surface area contributed by atoms with Crippen molar-refractivity contribution in [2.75, 3.05) is 224 Å². The van der Waals surface area contributed by atoms with Gasteiger partial charge in [0.25, 0.3) is 11.9 Å². The minimum Gasteiger partial charge on any atom is -0.480 e. The Balaban J connectivity index is 0.00000801. The van der Waals surface area contributed by atoms with Crippen LogP contribution in [0, 0.1) is 6.92 Å². The molecule has 1 aliphatic carbocycles. The van der Waals surface area contributed by atoms with Crippen LogP contribution in [0.1, 0.15) is 47.5 Å². The van der Waals surface area contributed by atoms with E-state index in [0.29, 0.717) is 164 Å². The second-order valence-electron chi connectivity index (χ2n) is 20.4. The van der Waals surface area contributed by atoms with Gasteiger partial charge in [-0.15, -0.1) is 0 Å². The van der Waals surface area contributed by atoms with Crippen molar-refractivity contribution < 1.29 is 101 Å². The molecule has 1 aromatic carbocycles. The fourth-order valence-electron chi connectivity index (χ4n) is 9.00. The number of aliphatic carboxylic acids is 2. The van der Waals surface area contributed by atoms with E-state index in [-0.39, 0.29) is 85.9 Å². The lowest BCUT2D eigenvalue weighted by Crippen LogP contribution is -2.49. The van der Waals surface area contributed by atoms with Crippen LogP contribution in [-0.4, -0.2) is 294 Å². The number of carboxylic acid groups (broad SMARTS) is 2. The summed E-state index contributed by atoms with van der Waals surface area (Å²) in [6.45, 7) is 15.9. The van der Waals surface area contributed by atoms with Crippen LogP contribution in [-0.2, 0) is 68.9 Å². The highest BCUT2D eigenvalue weighted by molar-refractivity contribution is 6.03. The lowest BCUT2D eigenvalue weighted by Gasteiger charge is -2.32. The van der Waals surface area contributed by atoms with E-state index in [1.807, 2.05) is 16.7 Å². The van der Waals surface area contributed by atoms with Gasteiger partial charge in [-0.05, 0) is 54.0 Å². The number of carboxylic acids is 2. The number of benzene rings is 1. The van der Waals surface area contributed by atoms with E-state index in [1.165, 1.54) is 31.4 Å². The summed E-state index contributed by atoms with van der Waals surface area (Å²) in [6.07, 6.45) is 2.91. The van der Waals surface area contributed by atoms with Crippen molar-refractivity contribution in [3.8, 4) is 29.5 Å². The van der Waals surface area contributed by atoms with Gasteiger partial charge in [0.15, 0.2) is 11.4 Å². The lowest BCUT2D eigenvalue weighted by atomic mass is 9.86. The van der Waals surface area contributed by atoms with Crippen LogP contribution in [0.4, 0.5) is 5.69 Å². The van der Waals surface area contributed by atoms with Gasteiger partial charge in [-0.1, -0.05) is 19.9 Å². The van der Waals surface area contributed by atoms with Crippen LogP contribution in [0.3, 0.4) is 0 Å². The van der Waals surface area contributed by atoms with Gasteiger partial charge < -0.3 is 92.0 Å². The standard InChI is InChI=1S/C57H88N8O20.CH4O/c1-43-38-44-8-9-57(2,3)45(44)39-47(43)85-51-7-6-46(84-51)53(72)59-52-54(73-4)60-56(61-55(52)74-5)83-37-36-82-35-34-81-33-32-80-31-30-79-29-28-78-27-26-77-25-24-76-23-22-75-21-10-58-48(67)40-63-13-11-62(19-20-66)12-14-64(41-49(68)69)17-18-65(16-15-63)42-50(70)71;1-2/h6-7,20,38-39H,8-19,21-37,40-42H2,1-5H3,(H,58,67)(H,59,72)(H,68,69)(H,70,71);2H,1H3. The Kier molecular flexibility index (Phi) is 35.9. The van der Waals surface area contributed by atoms with Crippen molar-refractivity contribution in [3.63, 3.8) is 0 Å². The average molecular weight is 1240 g/mol. The van der Waals surface area contributed by atoms with E-state index < -0.39 is 17.8 Å². The zero-order valence-corrected chi connectivity index (χ0v) is 51.4. The Morgan fingerprint density at radius 2 is 1.06 bits per heavy atom. The zero-order chi connectivity index (χ0) is 63.1. The molecule has 3 aromatic rings. The molecule has 0 saturated carbocycles. The number of methoxy groups -OCH3 is 2. The smallest absolute Gasteiger partial charge is 0.323 e. The molecular weight excluding hydrogens is 1140 g/mol. The van der Waals surface area contributed by atoms with Gasteiger partial charge >= 0.3 is 17.9 Å². The van der Waals surface area contributed by atoms with Crippen LogP contribution in [0.5, 0.6) is 29.5 Å². The van der Waals surface area contributed by atoms with Gasteiger partial charge in [-0.2, -0.15) is 9.97 Å². The first-order valence-corrected chi connectivity index (χ1v) is 29.1. The topological polar surface area (TPSA) is 333 Å². The summed E-state index contributed by atoms with van der Waals surface area (Å²) in [6, 6.07) is 7.28. The fourth-order valence-corrected chi connectivity index (χ4v) is 9.00. The minimum absolute atomic E-state index is 0.00191. The monoisotopic (exact) mass is 1240 g/mol. The highest BCUT2D eigenvalue weighted by Gasteiger charge is 2.31. The minimum atomic E-state index is -0.991. The molecule has 0 radical (unpaired) electrons. The largest absolute Gasteiger partial charge is 0.480 e.